The maximum absolute atomic E-state index is 13.4. The van der Waals surface area contributed by atoms with Crippen molar-refractivity contribution in [1.29, 1.82) is 0 Å². The van der Waals surface area contributed by atoms with Crippen molar-refractivity contribution < 1.29 is 27.2 Å². The van der Waals surface area contributed by atoms with E-state index in [4.69, 9.17) is 4.42 Å². The summed E-state index contributed by atoms with van der Waals surface area (Å²) in [5.41, 5.74) is 0.599. The standard InChI is InChI=1S/C30H28F3N3O3/c1-29(2,3)17-24(37)35-22-15-13-19(14-16-22)26-25(36-28(39-26)20-9-5-4-6-10-20)27(38)34-18-21-11-7-8-12-23(21)30(31,32)33/h4-16H,17-18H2,1-3H3,(H,34,38)(H,35,37). The highest BCUT2D eigenvalue weighted by atomic mass is 19.4. The van der Waals surface area contributed by atoms with E-state index in [-0.39, 0.29) is 40.8 Å². The first-order valence-electron chi connectivity index (χ1n) is 12.3. The summed E-state index contributed by atoms with van der Waals surface area (Å²) in [6.45, 7) is 5.56. The fourth-order valence-electron chi connectivity index (χ4n) is 3.98. The first kappa shape index (κ1) is 27.6. The molecule has 2 amide bonds. The highest BCUT2D eigenvalue weighted by molar-refractivity contribution is 5.98. The van der Waals surface area contributed by atoms with E-state index in [0.717, 1.165) is 6.07 Å². The van der Waals surface area contributed by atoms with Crippen molar-refractivity contribution >= 4 is 17.5 Å². The number of carbonyl (C=O) groups is 2. The van der Waals surface area contributed by atoms with Crippen molar-refractivity contribution in [1.82, 2.24) is 10.3 Å². The molecule has 0 spiro atoms. The number of oxazole rings is 1. The number of rotatable bonds is 7. The number of aromatic nitrogens is 1. The number of amides is 2. The van der Waals surface area contributed by atoms with E-state index >= 15 is 0 Å². The number of hydrogen-bond acceptors (Lipinski definition) is 4. The monoisotopic (exact) mass is 535 g/mol. The molecule has 0 bridgehead atoms. The number of carbonyl (C=O) groups excluding carboxylic acids is 2. The van der Waals surface area contributed by atoms with Crippen molar-refractivity contribution in [2.24, 2.45) is 5.41 Å². The van der Waals surface area contributed by atoms with E-state index < -0.39 is 17.6 Å². The van der Waals surface area contributed by atoms with Crippen LogP contribution in [0.1, 0.15) is 48.8 Å². The highest BCUT2D eigenvalue weighted by Crippen LogP contribution is 2.33. The van der Waals surface area contributed by atoms with Gasteiger partial charge in [0.05, 0.1) is 5.56 Å². The molecule has 1 heterocycles. The molecule has 3 aromatic carbocycles. The summed E-state index contributed by atoms with van der Waals surface area (Å²) in [6, 6.07) is 20.7. The lowest BCUT2D eigenvalue weighted by Crippen LogP contribution is -2.25. The van der Waals surface area contributed by atoms with E-state index in [1.807, 2.05) is 26.8 Å². The summed E-state index contributed by atoms with van der Waals surface area (Å²) >= 11 is 0. The van der Waals surface area contributed by atoms with Gasteiger partial charge in [-0.1, -0.05) is 57.2 Å². The molecule has 202 valence electrons. The molecule has 4 aromatic rings. The van der Waals surface area contributed by atoms with Crippen LogP contribution in [0.4, 0.5) is 18.9 Å². The van der Waals surface area contributed by atoms with Crippen LogP contribution in [0.15, 0.2) is 83.3 Å². The van der Waals surface area contributed by atoms with Crippen molar-refractivity contribution in [3.8, 4) is 22.8 Å². The molecule has 0 fully saturated rings. The fraction of sp³-hybridized carbons (Fsp3) is 0.233. The van der Waals surface area contributed by atoms with Crippen LogP contribution in [0.5, 0.6) is 0 Å². The van der Waals surface area contributed by atoms with Gasteiger partial charge < -0.3 is 15.1 Å². The maximum Gasteiger partial charge on any atom is 0.416 e. The summed E-state index contributed by atoms with van der Waals surface area (Å²) in [5.74, 6) is -0.465. The van der Waals surface area contributed by atoms with Crippen molar-refractivity contribution in [3.63, 3.8) is 0 Å². The van der Waals surface area contributed by atoms with E-state index in [2.05, 4.69) is 15.6 Å². The van der Waals surface area contributed by atoms with Crippen LogP contribution in [-0.4, -0.2) is 16.8 Å². The van der Waals surface area contributed by atoms with Gasteiger partial charge in [-0.25, -0.2) is 4.98 Å². The molecule has 1 aromatic heterocycles. The first-order valence-corrected chi connectivity index (χ1v) is 12.3. The van der Waals surface area contributed by atoms with Crippen LogP contribution in [0.25, 0.3) is 22.8 Å². The van der Waals surface area contributed by atoms with Gasteiger partial charge in [-0.3, -0.25) is 9.59 Å². The number of anilines is 1. The minimum atomic E-state index is -4.55. The topological polar surface area (TPSA) is 84.2 Å². The Balaban J connectivity index is 1.61. The molecule has 39 heavy (non-hydrogen) atoms. The second-order valence-corrected chi connectivity index (χ2v) is 10.3. The molecule has 0 unspecified atom stereocenters. The molecule has 9 heteroatoms. The molecule has 0 radical (unpaired) electrons. The average molecular weight is 536 g/mol. The van der Waals surface area contributed by atoms with Gasteiger partial charge in [-0.2, -0.15) is 13.2 Å². The van der Waals surface area contributed by atoms with Crippen molar-refractivity contribution in [3.05, 3.63) is 95.7 Å². The number of nitrogens with one attached hydrogen (secondary N) is 2. The van der Waals surface area contributed by atoms with Gasteiger partial charge in [0.25, 0.3) is 5.91 Å². The van der Waals surface area contributed by atoms with Crippen molar-refractivity contribution in [2.75, 3.05) is 5.32 Å². The number of hydrogen-bond donors (Lipinski definition) is 2. The summed E-state index contributed by atoms with van der Waals surface area (Å²) in [4.78, 5) is 29.9. The average Bonchev–Trinajstić information content (AvgIpc) is 3.32. The molecule has 0 aliphatic heterocycles. The zero-order valence-electron chi connectivity index (χ0n) is 21.7. The third-order valence-corrected chi connectivity index (χ3v) is 5.75. The third kappa shape index (κ3) is 7.13. The van der Waals surface area contributed by atoms with Crippen LogP contribution in [0.2, 0.25) is 0 Å². The number of halogens is 3. The second-order valence-electron chi connectivity index (χ2n) is 10.3. The summed E-state index contributed by atoms with van der Waals surface area (Å²) < 4.78 is 46.2. The Morgan fingerprint density at radius 1 is 0.846 bits per heavy atom. The van der Waals surface area contributed by atoms with Crippen LogP contribution >= 0.6 is 0 Å². The van der Waals surface area contributed by atoms with Gasteiger partial charge in [0, 0.05) is 29.8 Å². The van der Waals surface area contributed by atoms with Crippen molar-refractivity contribution in [2.45, 2.75) is 39.9 Å². The van der Waals surface area contributed by atoms with Gasteiger partial charge in [-0.05, 0) is 53.4 Å². The van der Waals surface area contributed by atoms with Crippen LogP contribution < -0.4 is 10.6 Å². The van der Waals surface area contributed by atoms with Crippen LogP contribution in [0, 0.1) is 5.41 Å². The van der Waals surface area contributed by atoms with Gasteiger partial charge in [-0.15, -0.1) is 0 Å². The number of alkyl halides is 3. The summed E-state index contributed by atoms with van der Waals surface area (Å²) in [7, 11) is 0. The molecule has 0 aliphatic rings. The lowest BCUT2D eigenvalue weighted by molar-refractivity contribution is -0.138. The minimum absolute atomic E-state index is 0.0668. The smallest absolute Gasteiger partial charge is 0.416 e. The second kappa shape index (κ2) is 11.1. The molecule has 6 nitrogen and oxygen atoms in total. The van der Waals surface area contributed by atoms with Crippen LogP contribution in [0.3, 0.4) is 0 Å². The van der Waals surface area contributed by atoms with Crippen LogP contribution in [-0.2, 0) is 17.5 Å². The number of nitrogens with zero attached hydrogens (tertiary/aromatic N) is 1. The Labute approximate surface area is 224 Å². The Morgan fingerprint density at radius 2 is 1.49 bits per heavy atom. The highest BCUT2D eigenvalue weighted by Gasteiger charge is 2.33. The molecule has 4 rings (SSSR count). The zero-order chi connectivity index (χ0) is 28.2. The first-order chi connectivity index (χ1) is 18.4. The zero-order valence-corrected chi connectivity index (χ0v) is 21.7. The maximum atomic E-state index is 13.4. The Hall–Kier alpha value is -4.40. The lowest BCUT2D eigenvalue weighted by Gasteiger charge is -2.17. The molecular formula is C30H28F3N3O3. The largest absolute Gasteiger partial charge is 0.435 e. The third-order valence-electron chi connectivity index (χ3n) is 5.75. The Morgan fingerprint density at radius 3 is 2.13 bits per heavy atom. The molecule has 0 aliphatic carbocycles. The molecular weight excluding hydrogens is 507 g/mol. The Kier molecular flexibility index (Phi) is 7.90. The quantitative estimate of drug-likeness (QED) is 0.259. The molecule has 0 saturated carbocycles. The van der Waals surface area contributed by atoms with E-state index in [1.54, 1.807) is 48.5 Å². The molecule has 0 atom stereocenters. The van der Waals surface area contributed by atoms with Gasteiger partial charge in [0.2, 0.25) is 11.8 Å². The predicted octanol–water partition coefficient (Wildman–Crippen LogP) is 7.33. The van der Waals surface area contributed by atoms with Gasteiger partial charge in [0.15, 0.2) is 11.5 Å². The van der Waals surface area contributed by atoms with Gasteiger partial charge in [0.1, 0.15) is 0 Å². The Bertz CT molecular complexity index is 1450. The SMILES string of the molecule is CC(C)(C)CC(=O)Nc1ccc(-c2oc(-c3ccccc3)nc2C(=O)NCc2ccccc2C(F)(F)F)cc1. The van der Waals surface area contributed by atoms with E-state index in [1.165, 1.54) is 18.2 Å². The van der Waals surface area contributed by atoms with E-state index in [9.17, 15) is 22.8 Å². The normalized spacial score (nSPS) is 11.7. The lowest BCUT2D eigenvalue weighted by atomic mass is 9.92. The minimum Gasteiger partial charge on any atom is -0.435 e. The molecule has 0 saturated heterocycles. The molecule has 2 N–H and O–H groups in total. The van der Waals surface area contributed by atoms with E-state index in [0.29, 0.717) is 23.2 Å². The van der Waals surface area contributed by atoms with Gasteiger partial charge >= 0.3 is 6.18 Å². The number of benzene rings is 3. The fourth-order valence-corrected chi connectivity index (χ4v) is 3.98. The predicted molar refractivity (Wildman–Crippen MR) is 143 cm³/mol. The summed E-state index contributed by atoms with van der Waals surface area (Å²) in [5, 5.41) is 5.39. The summed E-state index contributed by atoms with van der Waals surface area (Å²) in [6.07, 6.45) is -4.20.